The number of amides is 1. The van der Waals surface area contributed by atoms with Crippen LogP contribution in [0.2, 0.25) is 5.02 Å². The van der Waals surface area contributed by atoms with E-state index in [9.17, 15) is 9.59 Å². The van der Waals surface area contributed by atoms with Gasteiger partial charge in [0.05, 0.1) is 6.61 Å². The first kappa shape index (κ1) is 23.8. The van der Waals surface area contributed by atoms with Gasteiger partial charge < -0.3 is 14.8 Å². The number of carbonyl (C=O) groups is 2. The minimum atomic E-state index is -0.469. The van der Waals surface area contributed by atoms with E-state index < -0.39 is 5.97 Å². The van der Waals surface area contributed by atoms with Crippen molar-refractivity contribution in [3.05, 3.63) is 68.6 Å². The Bertz CT molecular complexity index is 1150. The number of anilines is 1. The highest BCUT2D eigenvalue weighted by molar-refractivity contribution is 7.15. The van der Waals surface area contributed by atoms with Crippen molar-refractivity contribution >= 4 is 39.8 Å². The van der Waals surface area contributed by atoms with Crippen LogP contribution in [0, 0.1) is 27.7 Å². The molecule has 0 atom stereocenters. The van der Waals surface area contributed by atoms with Gasteiger partial charge in [0.2, 0.25) is 0 Å². The van der Waals surface area contributed by atoms with Gasteiger partial charge in [0, 0.05) is 16.0 Å². The highest BCUT2D eigenvalue weighted by Gasteiger charge is 2.23. The van der Waals surface area contributed by atoms with Crippen molar-refractivity contribution in [2.75, 3.05) is 18.5 Å². The van der Waals surface area contributed by atoms with Crippen LogP contribution in [-0.2, 0) is 9.53 Å². The summed E-state index contributed by atoms with van der Waals surface area (Å²) in [5.41, 5.74) is 5.96. The molecule has 0 aliphatic heterocycles. The van der Waals surface area contributed by atoms with Gasteiger partial charge in [0.15, 0.2) is 6.61 Å². The molecule has 0 saturated carbocycles. The number of hydrogen-bond donors (Lipinski definition) is 1. The number of thiophene rings is 1. The van der Waals surface area contributed by atoms with Gasteiger partial charge in [-0.3, -0.25) is 4.79 Å². The summed E-state index contributed by atoms with van der Waals surface area (Å²) in [5.74, 6) is -0.272. The van der Waals surface area contributed by atoms with Crippen molar-refractivity contribution in [2.24, 2.45) is 0 Å². The predicted molar refractivity (Wildman–Crippen MR) is 130 cm³/mol. The molecule has 1 aromatic heterocycles. The van der Waals surface area contributed by atoms with Crippen LogP contribution in [0.3, 0.4) is 0 Å². The molecule has 0 spiro atoms. The number of esters is 1. The third-order valence-electron chi connectivity index (χ3n) is 4.98. The number of halogens is 1. The van der Waals surface area contributed by atoms with Gasteiger partial charge in [0.1, 0.15) is 16.3 Å². The van der Waals surface area contributed by atoms with Crippen LogP contribution in [0.4, 0.5) is 5.00 Å². The molecule has 1 heterocycles. The zero-order chi connectivity index (χ0) is 23.4. The van der Waals surface area contributed by atoms with Crippen LogP contribution in [-0.4, -0.2) is 25.1 Å². The lowest BCUT2D eigenvalue weighted by Crippen LogP contribution is -2.21. The lowest BCUT2D eigenvalue weighted by Gasteiger charge is -2.12. The van der Waals surface area contributed by atoms with Gasteiger partial charge in [-0.05, 0) is 69.0 Å². The summed E-state index contributed by atoms with van der Waals surface area (Å²) in [4.78, 5) is 25.4. The first-order valence-corrected chi connectivity index (χ1v) is 11.5. The van der Waals surface area contributed by atoms with Crippen LogP contribution in [0.5, 0.6) is 5.75 Å². The molecule has 2 aromatic carbocycles. The summed E-state index contributed by atoms with van der Waals surface area (Å²) in [6.07, 6.45) is 0. The summed E-state index contributed by atoms with van der Waals surface area (Å²) >= 11 is 7.48. The Hall–Kier alpha value is -2.83. The smallest absolute Gasteiger partial charge is 0.341 e. The molecule has 0 saturated heterocycles. The number of hydrogen-bond acceptors (Lipinski definition) is 5. The van der Waals surface area contributed by atoms with Crippen molar-refractivity contribution in [1.29, 1.82) is 0 Å². The fraction of sp³-hybridized carbons (Fsp3) is 0.280. The van der Waals surface area contributed by atoms with Crippen LogP contribution in [0.25, 0.3) is 11.1 Å². The van der Waals surface area contributed by atoms with Crippen molar-refractivity contribution in [2.45, 2.75) is 34.6 Å². The third kappa shape index (κ3) is 5.31. The maximum atomic E-state index is 12.8. The van der Waals surface area contributed by atoms with E-state index in [0.717, 1.165) is 33.4 Å². The SMILES string of the molecule is CCOC(=O)c1c(-c2ccc(C)cc2C)csc1NC(=O)COc1cc(C)c(Cl)c(C)c1. The summed E-state index contributed by atoms with van der Waals surface area (Å²) in [6, 6.07) is 9.61. The van der Waals surface area contributed by atoms with Crippen molar-refractivity contribution < 1.29 is 19.1 Å². The monoisotopic (exact) mass is 471 g/mol. The Labute approximate surface area is 197 Å². The quantitative estimate of drug-likeness (QED) is 0.399. The second-order valence-electron chi connectivity index (χ2n) is 7.60. The summed E-state index contributed by atoms with van der Waals surface area (Å²) in [5, 5.41) is 5.80. The van der Waals surface area contributed by atoms with E-state index in [4.69, 9.17) is 21.1 Å². The Morgan fingerprint density at radius 2 is 1.69 bits per heavy atom. The van der Waals surface area contributed by atoms with E-state index >= 15 is 0 Å². The molecular formula is C25H26ClNO4S. The third-order valence-corrected chi connectivity index (χ3v) is 6.47. The van der Waals surface area contributed by atoms with Crippen molar-refractivity contribution in [3.63, 3.8) is 0 Å². The molecule has 0 unspecified atom stereocenters. The molecule has 168 valence electrons. The molecule has 0 radical (unpaired) electrons. The standard InChI is InChI=1S/C25H26ClNO4S/c1-6-30-25(29)22-20(19-8-7-14(2)9-15(19)3)13-32-24(22)27-21(28)12-31-18-10-16(4)23(26)17(5)11-18/h7-11,13H,6,12H2,1-5H3,(H,27,28). The molecule has 0 bridgehead atoms. The molecular weight excluding hydrogens is 446 g/mol. The van der Waals surface area contributed by atoms with E-state index in [0.29, 0.717) is 21.3 Å². The van der Waals surface area contributed by atoms with Gasteiger partial charge in [-0.2, -0.15) is 0 Å². The van der Waals surface area contributed by atoms with E-state index in [-0.39, 0.29) is 19.1 Å². The van der Waals surface area contributed by atoms with Crippen molar-refractivity contribution in [3.8, 4) is 16.9 Å². The molecule has 1 amide bonds. The van der Waals surface area contributed by atoms with E-state index in [1.807, 2.05) is 45.2 Å². The maximum Gasteiger partial charge on any atom is 0.341 e. The van der Waals surface area contributed by atoms with E-state index in [1.165, 1.54) is 11.3 Å². The number of nitrogens with one attached hydrogen (secondary N) is 1. The first-order valence-electron chi connectivity index (χ1n) is 10.3. The highest BCUT2D eigenvalue weighted by atomic mass is 35.5. The molecule has 7 heteroatoms. The van der Waals surface area contributed by atoms with Gasteiger partial charge in [-0.25, -0.2) is 4.79 Å². The van der Waals surface area contributed by atoms with E-state index in [1.54, 1.807) is 19.1 Å². The number of aryl methyl sites for hydroxylation is 4. The fourth-order valence-electron chi connectivity index (χ4n) is 3.47. The second-order valence-corrected chi connectivity index (χ2v) is 8.86. The first-order chi connectivity index (χ1) is 15.2. The van der Waals surface area contributed by atoms with Crippen LogP contribution < -0.4 is 10.1 Å². The average Bonchev–Trinajstić information content (AvgIpc) is 3.13. The summed E-state index contributed by atoms with van der Waals surface area (Å²) in [7, 11) is 0. The predicted octanol–water partition coefficient (Wildman–Crippen LogP) is 6.50. The summed E-state index contributed by atoms with van der Waals surface area (Å²) < 4.78 is 10.9. The molecule has 5 nitrogen and oxygen atoms in total. The number of rotatable bonds is 7. The Kier molecular flexibility index (Phi) is 7.59. The highest BCUT2D eigenvalue weighted by Crippen LogP contribution is 2.38. The van der Waals surface area contributed by atoms with Crippen molar-refractivity contribution in [1.82, 2.24) is 0 Å². The molecule has 3 aromatic rings. The Morgan fingerprint density at radius 1 is 1.00 bits per heavy atom. The Morgan fingerprint density at radius 3 is 2.31 bits per heavy atom. The Balaban J connectivity index is 1.83. The van der Waals surface area contributed by atoms with Crippen LogP contribution in [0.1, 0.15) is 39.5 Å². The van der Waals surface area contributed by atoms with Gasteiger partial charge in [0.25, 0.3) is 5.91 Å². The molecule has 1 N–H and O–H groups in total. The van der Waals surface area contributed by atoms with E-state index in [2.05, 4.69) is 11.4 Å². The largest absolute Gasteiger partial charge is 0.484 e. The molecule has 32 heavy (non-hydrogen) atoms. The number of carbonyl (C=O) groups excluding carboxylic acids is 2. The zero-order valence-electron chi connectivity index (χ0n) is 18.8. The normalized spacial score (nSPS) is 10.7. The topological polar surface area (TPSA) is 64.6 Å². The summed E-state index contributed by atoms with van der Waals surface area (Å²) in [6.45, 7) is 9.58. The van der Waals surface area contributed by atoms with Gasteiger partial charge in [-0.15, -0.1) is 11.3 Å². The minimum absolute atomic E-state index is 0.195. The number of ether oxygens (including phenoxy) is 2. The molecule has 0 fully saturated rings. The molecule has 0 aliphatic rings. The fourth-order valence-corrected chi connectivity index (χ4v) is 4.54. The van der Waals surface area contributed by atoms with Gasteiger partial charge in [-0.1, -0.05) is 35.4 Å². The lowest BCUT2D eigenvalue weighted by molar-refractivity contribution is -0.118. The van der Waals surface area contributed by atoms with Crippen LogP contribution in [0.15, 0.2) is 35.7 Å². The second kappa shape index (κ2) is 10.2. The zero-order valence-corrected chi connectivity index (χ0v) is 20.4. The molecule has 3 rings (SSSR count). The number of benzene rings is 2. The average molecular weight is 472 g/mol. The maximum absolute atomic E-state index is 12.8. The molecule has 0 aliphatic carbocycles. The van der Waals surface area contributed by atoms with Gasteiger partial charge >= 0.3 is 5.97 Å². The van der Waals surface area contributed by atoms with Crippen LogP contribution >= 0.6 is 22.9 Å². The minimum Gasteiger partial charge on any atom is -0.484 e. The lowest BCUT2D eigenvalue weighted by atomic mass is 9.97.